The molecule has 1 fully saturated rings. The normalized spacial score (nSPS) is 27.3. The first-order chi connectivity index (χ1) is 11.0. The van der Waals surface area contributed by atoms with E-state index in [2.05, 4.69) is 9.97 Å². The van der Waals surface area contributed by atoms with Gasteiger partial charge in [-0.25, -0.2) is 9.36 Å². The third-order valence-corrected chi connectivity index (χ3v) is 3.67. The van der Waals surface area contributed by atoms with Gasteiger partial charge in [-0.3, -0.25) is 0 Å². The first kappa shape index (κ1) is 15.6. The number of anilines is 1. The molecular formula is C14H16N4O5. The van der Waals surface area contributed by atoms with Crippen molar-refractivity contribution in [3.63, 3.8) is 0 Å². The average Bonchev–Trinajstić information content (AvgIpc) is 2.83. The number of nitrogens with zero attached hydrogens (tertiary/aromatic N) is 3. The van der Waals surface area contributed by atoms with E-state index in [1.54, 1.807) is 30.3 Å². The van der Waals surface area contributed by atoms with Crippen molar-refractivity contribution in [2.45, 2.75) is 24.5 Å². The summed E-state index contributed by atoms with van der Waals surface area (Å²) in [5.41, 5.74) is 5.35. The Morgan fingerprint density at radius 1 is 1.17 bits per heavy atom. The second-order valence-electron chi connectivity index (χ2n) is 5.15. The van der Waals surface area contributed by atoms with E-state index in [1.165, 1.54) is 0 Å². The first-order valence-electron chi connectivity index (χ1n) is 6.97. The maximum atomic E-state index is 12.3. The minimum absolute atomic E-state index is 0.151. The molecule has 1 aromatic heterocycles. The fourth-order valence-corrected chi connectivity index (χ4v) is 2.54. The van der Waals surface area contributed by atoms with E-state index < -0.39 is 36.8 Å². The summed E-state index contributed by atoms with van der Waals surface area (Å²) in [6.07, 6.45) is -4.99. The van der Waals surface area contributed by atoms with E-state index in [-0.39, 0.29) is 11.8 Å². The highest BCUT2D eigenvalue weighted by Crippen LogP contribution is 2.31. The van der Waals surface area contributed by atoms with E-state index in [1.807, 2.05) is 0 Å². The molecule has 5 N–H and O–H groups in total. The van der Waals surface area contributed by atoms with Gasteiger partial charge in [0.1, 0.15) is 24.1 Å². The van der Waals surface area contributed by atoms with Crippen molar-refractivity contribution in [2.75, 3.05) is 12.3 Å². The van der Waals surface area contributed by atoms with Crippen LogP contribution in [0.3, 0.4) is 0 Å². The highest BCUT2D eigenvalue weighted by atomic mass is 16.6. The second kappa shape index (κ2) is 6.05. The number of hydrogen-bond donors (Lipinski definition) is 4. The maximum Gasteiger partial charge on any atom is 0.354 e. The van der Waals surface area contributed by atoms with Crippen LogP contribution in [-0.2, 0) is 4.74 Å². The van der Waals surface area contributed by atoms with Gasteiger partial charge in [0.05, 0.1) is 6.61 Å². The smallest absolute Gasteiger partial charge is 0.354 e. The summed E-state index contributed by atoms with van der Waals surface area (Å²) in [4.78, 5) is 19.9. The molecule has 4 atom stereocenters. The van der Waals surface area contributed by atoms with Crippen LogP contribution >= 0.6 is 0 Å². The highest BCUT2D eigenvalue weighted by molar-refractivity contribution is 5.56. The molecule has 3 rings (SSSR count). The molecule has 2 heterocycles. The molecule has 0 amide bonds. The van der Waals surface area contributed by atoms with Gasteiger partial charge in [-0.1, -0.05) is 30.3 Å². The first-order valence-corrected chi connectivity index (χ1v) is 6.97. The summed E-state index contributed by atoms with van der Waals surface area (Å²) in [5, 5.41) is 29.2. The SMILES string of the molecule is Nc1nc(-c2ccccc2)n([C@@H]2O[C@H](CO)C(O)C2O)c(=O)n1. The molecule has 1 aromatic carbocycles. The van der Waals surface area contributed by atoms with Gasteiger partial charge >= 0.3 is 5.69 Å². The molecule has 2 unspecified atom stereocenters. The molecule has 23 heavy (non-hydrogen) atoms. The zero-order valence-electron chi connectivity index (χ0n) is 12.0. The van der Waals surface area contributed by atoms with E-state index in [0.29, 0.717) is 5.56 Å². The van der Waals surface area contributed by atoms with E-state index >= 15 is 0 Å². The van der Waals surface area contributed by atoms with Crippen molar-refractivity contribution in [3.05, 3.63) is 40.8 Å². The number of aliphatic hydroxyl groups is 3. The van der Waals surface area contributed by atoms with Crippen molar-refractivity contribution in [1.82, 2.24) is 14.5 Å². The minimum Gasteiger partial charge on any atom is -0.394 e. The molecule has 1 aliphatic rings. The fourth-order valence-electron chi connectivity index (χ4n) is 2.54. The Morgan fingerprint density at radius 3 is 2.48 bits per heavy atom. The zero-order valence-corrected chi connectivity index (χ0v) is 12.0. The number of aromatic nitrogens is 3. The van der Waals surface area contributed by atoms with Crippen LogP contribution in [0.25, 0.3) is 11.4 Å². The Balaban J connectivity index is 2.15. The molecule has 2 aromatic rings. The van der Waals surface area contributed by atoms with Crippen LogP contribution in [0.15, 0.2) is 35.1 Å². The number of hydrogen-bond acceptors (Lipinski definition) is 8. The van der Waals surface area contributed by atoms with Crippen LogP contribution in [0.4, 0.5) is 5.95 Å². The molecule has 0 radical (unpaired) electrons. The van der Waals surface area contributed by atoms with Gasteiger partial charge in [0.15, 0.2) is 6.23 Å². The van der Waals surface area contributed by atoms with Gasteiger partial charge in [0, 0.05) is 5.56 Å². The molecular weight excluding hydrogens is 304 g/mol. The number of benzene rings is 1. The fraction of sp³-hybridized carbons (Fsp3) is 0.357. The lowest BCUT2D eigenvalue weighted by molar-refractivity contribution is -0.0545. The van der Waals surface area contributed by atoms with E-state index in [0.717, 1.165) is 4.57 Å². The van der Waals surface area contributed by atoms with Crippen molar-refractivity contribution in [3.8, 4) is 11.4 Å². The lowest BCUT2D eigenvalue weighted by atomic mass is 10.1. The summed E-state index contributed by atoms with van der Waals surface area (Å²) in [6.45, 7) is -0.500. The van der Waals surface area contributed by atoms with Gasteiger partial charge in [0.25, 0.3) is 0 Å². The van der Waals surface area contributed by atoms with Gasteiger partial charge in [-0.15, -0.1) is 0 Å². The van der Waals surface area contributed by atoms with Crippen LogP contribution in [0.5, 0.6) is 0 Å². The van der Waals surface area contributed by atoms with Crippen LogP contribution in [0.2, 0.25) is 0 Å². The average molecular weight is 320 g/mol. The molecule has 0 spiro atoms. The van der Waals surface area contributed by atoms with Crippen molar-refractivity contribution >= 4 is 5.95 Å². The Labute approximate surface area is 130 Å². The summed E-state index contributed by atoms with van der Waals surface area (Å²) in [7, 11) is 0. The monoisotopic (exact) mass is 320 g/mol. The molecule has 9 heteroatoms. The molecule has 1 saturated heterocycles. The van der Waals surface area contributed by atoms with E-state index in [9.17, 15) is 20.1 Å². The molecule has 9 nitrogen and oxygen atoms in total. The van der Waals surface area contributed by atoms with Gasteiger partial charge in [0.2, 0.25) is 5.95 Å². The highest BCUT2D eigenvalue weighted by Gasteiger charge is 2.44. The quantitative estimate of drug-likeness (QED) is 0.535. The number of rotatable bonds is 3. The molecule has 0 bridgehead atoms. The molecule has 1 aliphatic heterocycles. The summed E-state index contributed by atoms with van der Waals surface area (Å²) in [5.74, 6) is -0.0604. The second-order valence-corrected chi connectivity index (χ2v) is 5.15. The molecule has 122 valence electrons. The lowest BCUT2D eigenvalue weighted by Gasteiger charge is -2.20. The number of nitrogens with two attached hydrogens (primary N) is 1. The predicted octanol–water partition coefficient (Wildman–Crippen LogP) is -1.50. The third kappa shape index (κ3) is 2.70. The Kier molecular flexibility index (Phi) is 4.09. The van der Waals surface area contributed by atoms with Crippen LogP contribution in [0, 0.1) is 0 Å². The largest absolute Gasteiger partial charge is 0.394 e. The van der Waals surface area contributed by atoms with Crippen molar-refractivity contribution in [1.29, 1.82) is 0 Å². The Bertz CT molecular complexity index is 751. The minimum atomic E-state index is -1.42. The molecule has 0 saturated carbocycles. The number of aliphatic hydroxyl groups excluding tert-OH is 3. The van der Waals surface area contributed by atoms with Gasteiger partial charge < -0.3 is 25.8 Å². The topological polar surface area (TPSA) is 144 Å². The Hall–Kier alpha value is -2.33. The van der Waals surface area contributed by atoms with E-state index in [4.69, 9.17) is 10.5 Å². The lowest BCUT2D eigenvalue weighted by Crippen LogP contribution is -2.37. The predicted molar refractivity (Wildman–Crippen MR) is 79.1 cm³/mol. The number of ether oxygens (including phenoxy) is 1. The zero-order chi connectivity index (χ0) is 16.6. The van der Waals surface area contributed by atoms with Crippen LogP contribution in [-0.4, -0.2) is 54.8 Å². The summed E-state index contributed by atoms with van der Waals surface area (Å²) >= 11 is 0. The van der Waals surface area contributed by atoms with Gasteiger partial charge in [-0.2, -0.15) is 9.97 Å². The third-order valence-electron chi connectivity index (χ3n) is 3.67. The van der Waals surface area contributed by atoms with Gasteiger partial charge in [-0.05, 0) is 0 Å². The maximum absolute atomic E-state index is 12.3. The van der Waals surface area contributed by atoms with Crippen LogP contribution < -0.4 is 11.4 Å². The van der Waals surface area contributed by atoms with Crippen molar-refractivity contribution < 1.29 is 20.1 Å². The number of nitrogen functional groups attached to an aromatic ring is 1. The standard InChI is InChI=1S/C14H16N4O5/c15-13-16-11(7-4-2-1-3-5-7)18(14(22)17-13)12-10(21)9(20)8(6-19)23-12/h1-5,8-10,12,19-21H,6H2,(H2,15,17,22)/t8-,9?,10?,12-/m1/s1. The van der Waals surface area contributed by atoms with Crippen LogP contribution in [0.1, 0.15) is 6.23 Å². The summed E-state index contributed by atoms with van der Waals surface area (Å²) < 4.78 is 6.42. The summed E-state index contributed by atoms with van der Waals surface area (Å²) in [6, 6.07) is 8.71. The Morgan fingerprint density at radius 2 is 1.87 bits per heavy atom. The van der Waals surface area contributed by atoms with Crippen molar-refractivity contribution in [2.24, 2.45) is 0 Å². The molecule has 0 aliphatic carbocycles.